The van der Waals surface area contributed by atoms with E-state index in [1.807, 2.05) is 0 Å². The molecule has 0 aliphatic rings. The molecule has 6 heteroatoms. The van der Waals surface area contributed by atoms with Crippen LogP contribution < -0.4 is 4.74 Å². The van der Waals surface area contributed by atoms with Crippen molar-refractivity contribution in [1.29, 1.82) is 0 Å². The van der Waals surface area contributed by atoms with Gasteiger partial charge in [0.25, 0.3) is 0 Å². The van der Waals surface area contributed by atoms with Crippen LogP contribution in [0, 0.1) is 0 Å². The second-order valence-corrected chi connectivity index (χ2v) is 5.36. The largest absolute Gasteiger partial charge is 0.508 e. The summed E-state index contributed by atoms with van der Waals surface area (Å²) >= 11 is 12.2. The standard InChI is InChI=1S/C16H12Cl2O4/c1-9(19)8-22-13-7-6-12(14(17)15(13)18)16(21)10-2-4-11(20)5-3-10/h2-7,20H,8H2,1H3. The van der Waals surface area contributed by atoms with E-state index in [-0.39, 0.29) is 45.3 Å². The van der Waals surface area contributed by atoms with E-state index >= 15 is 0 Å². The Hall–Kier alpha value is -2.04. The van der Waals surface area contributed by atoms with E-state index in [0.29, 0.717) is 5.56 Å². The van der Waals surface area contributed by atoms with Crippen LogP contribution in [0.2, 0.25) is 10.0 Å². The summed E-state index contributed by atoms with van der Waals surface area (Å²) in [7, 11) is 0. The predicted octanol–water partition coefficient (Wildman–Crippen LogP) is 3.90. The van der Waals surface area contributed by atoms with E-state index in [9.17, 15) is 14.7 Å². The highest BCUT2D eigenvalue weighted by Gasteiger charge is 2.18. The smallest absolute Gasteiger partial charge is 0.194 e. The number of carbonyl (C=O) groups excluding carboxylic acids is 2. The molecule has 0 saturated carbocycles. The zero-order valence-corrected chi connectivity index (χ0v) is 13.1. The van der Waals surface area contributed by atoms with Crippen molar-refractivity contribution in [2.24, 2.45) is 0 Å². The van der Waals surface area contributed by atoms with Crippen molar-refractivity contribution >= 4 is 34.8 Å². The third-order valence-electron chi connectivity index (χ3n) is 2.85. The number of ether oxygens (including phenoxy) is 1. The molecule has 0 atom stereocenters. The lowest BCUT2D eigenvalue weighted by molar-refractivity contribution is -0.118. The third kappa shape index (κ3) is 3.59. The zero-order chi connectivity index (χ0) is 16.3. The topological polar surface area (TPSA) is 63.6 Å². The van der Waals surface area contributed by atoms with Gasteiger partial charge < -0.3 is 9.84 Å². The third-order valence-corrected chi connectivity index (χ3v) is 3.72. The maximum Gasteiger partial charge on any atom is 0.194 e. The Labute approximate surface area is 137 Å². The molecule has 114 valence electrons. The fraction of sp³-hybridized carbons (Fsp3) is 0.125. The predicted molar refractivity (Wildman–Crippen MR) is 84.2 cm³/mol. The van der Waals surface area contributed by atoms with Crippen molar-refractivity contribution in [3.05, 3.63) is 57.6 Å². The van der Waals surface area contributed by atoms with Gasteiger partial charge in [0.15, 0.2) is 11.6 Å². The van der Waals surface area contributed by atoms with Crippen LogP contribution in [0.3, 0.4) is 0 Å². The van der Waals surface area contributed by atoms with Gasteiger partial charge in [-0.3, -0.25) is 9.59 Å². The summed E-state index contributed by atoms with van der Waals surface area (Å²) in [4.78, 5) is 23.3. The molecule has 2 aromatic rings. The lowest BCUT2D eigenvalue weighted by Crippen LogP contribution is -2.08. The summed E-state index contributed by atoms with van der Waals surface area (Å²) in [5, 5.41) is 9.38. The number of aromatic hydroxyl groups is 1. The van der Waals surface area contributed by atoms with E-state index in [2.05, 4.69) is 0 Å². The molecule has 2 aromatic carbocycles. The molecule has 0 aromatic heterocycles. The van der Waals surface area contributed by atoms with Gasteiger partial charge in [-0.15, -0.1) is 0 Å². The van der Waals surface area contributed by atoms with Gasteiger partial charge >= 0.3 is 0 Å². The van der Waals surface area contributed by atoms with Gasteiger partial charge in [-0.2, -0.15) is 0 Å². The van der Waals surface area contributed by atoms with E-state index in [1.165, 1.54) is 43.3 Å². The summed E-state index contributed by atoms with van der Waals surface area (Å²) < 4.78 is 5.22. The number of rotatable bonds is 5. The Balaban J connectivity index is 2.32. The number of benzene rings is 2. The Morgan fingerprint density at radius 2 is 1.68 bits per heavy atom. The average molecular weight is 339 g/mol. The maximum absolute atomic E-state index is 12.4. The first kappa shape index (κ1) is 16.3. The number of halogens is 2. The Bertz CT molecular complexity index is 724. The monoisotopic (exact) mass is 338 g/mol. The fourth-order valence-electron chi connectivity index (χ4n) is 1.77. The van der Waals surface area contributed by atoms with Gasteiger partial charge in [-0.1, -0.05) is 23.2 Å². The molecule has 0 fully saturated rings. The van der Waals surface area contributed by atoms with Gasteiger partial charge in [0.2, 0.25) is 0 Å². The summed E-state index contributed by atoms with van der Waals surface area (Å²) in [5.41, 5.74) is 0.584. The molecule has 0 amide bonds. The summed E-state index contributed by atoms with van der Waals surface area (Å²) in [6.07, 6.45) is 0. The minimum atomic E-state index is -0.329. The molecular weight excluding hydrogens is 327 g/mol. The van der Waals surface area contributed by atoms with Crippen LogP contribution in [0.5, 0.6) is 11.5 Å². The van der Waals surface area contributed by atoms with E-state index < -0.39 is 0 Å². The second-order valence-electron chi connectivity index (χ2n) is 4.61. The van der Waals surface area contributed by atoms with Crippen molar-refractivity contribution in [3.63, 3.8) is 0 Å². The highest BCUT2D eigenvalue weighted by Crippen LogP contribution is 2.35. The molecule has 4 nitrogen and oxygen atoms in total. The van der Waals surface area contributed by atoms with E-state index in [0.717, 1.165) is 0 Å². The molecule has 22 heavy (non-hydrogen) atoms. The molecule has 0 aliphatic carbocycles. The van der Waals surface area contributed by atoms with Crippen LogP contribution in [0.1, 0.15) is 22.8 Å². The van der Waals surface area contributed by atoms with Crippen LogP contribution >= 0.6 is 23.2 Å². The number of carbonyl (C=O) groups is 2. The zero-order valence-electron chi connectivity index (χ0n) is 11.6. The van der Waals surface area contributed by atoms with Gasteiger partial charge in [0, 0.05) is 11.1 Å². The molecular formula is C16H12Cl2O4. The normalized spacial score (nSPS) is 10.3. The molecule has 0 aliphatic heterocycles. The molecule has 0 saturated heterocycles. The minimum absolute atomic E-state index is 0.0563. The van der Waals surface area contributed by atoms with Crippen molar-refractivity contribution in [1.82, 2.24) is 0 Å². The van der Waals surface area contributed by atoms with Gasteiger partial charge in [0.1, 0.15) is 23.1 Å². The van der Waals surface area contributed by atoms with Crippen molar-refractivity contribution < 1.29 is 19.4 Å². The van der Waals surface area contributed by atoms with Gasteiger partial charge in [0.05, 0.1) is 5.02 Å². The van der Waals surface area contributed by atoms with Crippen molar-refractivity contribution in [3.8, 4) is 11.5 Å². The number of Topliss-reactive ketones (excluding diaryl/α,β-unsaturated/α-hetero) is 1. The van der Waals surface area contributed by atoms with Crippen LogP contribution in [-0.2, 0) is 4.79 Å². The number of ketones is 2. The SMILES string of the molecule is CC(=O)COc1ccc(C(=O)c2ccc(O)cc2)c(Cl)c1Cl. The molecule has 0 unspecified atom stereocenters. The molecule has 0 bridgehead atoms. The summed E-state index contributed by atoms with van der Waals surface area (Å²) in [6, 6.07) is 8.77. The molecule has 1 N–H and O–H groups in total. The van der Waals surface area contributed by atoms with E-state index in [4.69, 9.17) is 27.9 Å². The van der Waals surface area contributed by atoms with Crippen LogP contribution in [0.15, 0.2) is 36.4 Å². The first-order valence-corrected chi connectivity index (χ1v) is 7.09. The lowest BCUT2D eigenvalue weighted by atomic mass is 10.0. The van der Waals surface area contributed by atoms with Crippen molar-refractivity contribution in [2.75, 3.05) is 6.61 Å². The van der Waals surface area contributed by atoms with Gasteiger partial charge in [-0.25, -0.2) is 0 Å². The summed E-state index contributed by atoms with van der Waals surface area (Å²) in [5.74, 6) is -0.181. The van der Waals surface area contributed by atoms with Gasteiger partial charge in [-0.05, 0) is 43.3 Å². The molecule has 0 heterocycles. The van der Waals surface area contributed by atoms with Crippen molar-refractivity contribution in [2.45, 2.75) is 6.92 Å². The average Bonchev–Trinajstić information content (AvgIpc) is 2.49. The first-order chi connectivity index (χ1) is 10.4. The number of phenolic OH excluding ortho intramolecular Hbond substituents is 1. The highest BCUT2D eigenvalue weighted by atomic mass is 35.5. The quantitative estimate of drug-likeness (QED) is 0.839. The fourth-order valence-corrected chi connectivity index (χ4v) is 2.23. The maximum atomic E-state index is 12.4. The molecule has 0 radical (unpaired) electrons. The molecule has 2 rings (SSSR count). The molecule has 0 spiro atoms. The Morgan fingerprint density at radius 1 is 1.05 bits per heavy atom. The van der Waals surface area contributed by atoms with Crippen LogP contribution in [0.4, 0.5) is 0 Å². The highest BCUT2D eigenvalue weighted by molar-refractivity contribution is 6.45. The van der Waals surface area contributed by atoms with Crippen LogP contribution in [-0.4, -0.2) is 23.3 Å². The van der Waals surface area contributed by atoms with E-state index in [1.54, 1.807) is 0 Å². The Kier molecular flexibility index (Phi) is 5.06. The lowest BCUT2D eigenvalue weighted by Gasteiger charge is -2.10. The first-order valence-electron chi connectivity index (χ1n) is 6.34. The van der Waals surface area contributed by atoms with Crippen LogP contribution in [0.25, 0.3) is 0 Å². The second kappa shape index (κ2) is 6.81. The number of phenols is 1. The number of hydrogen-bond donors (Lipinski definition) is 1. The Morgan fingerprint density at radius 3 is 2.27 bits per heavy atom. The summed E-state index contributed by atoms with van der Waals surface area (Å²) in [6.45, 7) is 1.26. The minimum Gasteiger partial charge on any atom is -0.508 e. The number of hydrogen-bond acceptors (Lipinski definition) is 4.